The second-order valence-corrected chi connectivity index (χ2v) is 20.3. The maximum absolute atomic E-state index is 14.6. The number of rotatable bonds is 11. The van der Waals surface area contributed by atoms with Crippen LogP contribution in [0, 0.1) is 35.0 Å². The first-order chi connectivity index (χ1) is 30.0. The van der Waals surface area contributed by atoms with Crippen LogP contribution in [-0.4, -0.2) is 74.1 Å². The van der Waals surface area contributed by atoms with Crippen LogP contribution in [-0.2, 0) is 48.1 Å². The second kappa shape index (κ2) is 25.7. The summed E-state index contributed by atoms with van der Waals surface area (Å²) in [5, 5.41) is 8.27. The van der Waals surface area contributed by atoms with Crippen molar-refractivity contribution in [1.82, 2.24) is 30.3 Å². The molecule has 3 aliphatic rings. The van der Waals surface area contributed by atoms with Crippen molar-refractivity contribution >= 4 is 119 Å². The summed E-state index contributed by atoms with van der Waals surface area (Å²) in [6.07, 6.45) is 6.64. The fraction of sp³-hybridized carbons (Fsp3) is 0.540. The van der Waals surface area contributed by atoms with Gasteiger partial charge in [-0.25, -0.2) is 10.4 Å². The minimum absolute atomic E-state index is 0. The third kappa shape index (κ3) is 13.0. The van der Waals surface area contributed by atoms with Crippen LogP contribution >= 0.6 is 78.8 Å². The van der Waals surface area contributed by atoms with E-state index >= 15 is 0 Å². The summed E-state index contributed by atoms with van der Waals surface area (Å²) in [6, 6.07) is 8.80. The Labute approximate surface area is 441 Å². The first-order valence-corrected chi connectivity index (χ1v) is 23.7. The standard InChI is InChI=1S/C50H64N6O6S.5H2S/c1-10-41(57)32-16-17-33(22-32)46(58)30(7)43(28(3)4)47(59)53-38-24-42-52-39(26-63-42)31-18-19-40-35(23-31)36(45(55(40)11-2)34-14-12-20-51-44(34)29(5)6)25-50(8,9)27-62-49(61)37-15-13-21-56(54-37)48(38)60;;;;;/h10,12,14,18-20,23,26,28-30,32-33,37-38,43,54H,1,11,13,15-17,21-22,24-25,27H2,2-9H3,(H,53,59);5*1H2/t30?,32?,33-,37-,38-,43+;;;;;/m0...../s1. The normalized spacial score (nSPS) is 21.1. The van der Waals surface area contributed by atoms with E-state index in [1.807, 2.05) is 31.5 Å². The smallest absolute Gasteiger partial charge is 0.324 e. The van der Waals surface area contributed by atoms with E-state index in [-0.39, 0.29) is 116 Å². The van der Waals surface area contributed by atoms with Crippen molar-refractivity contribution in [2.24, 2.45) is 35.0 Å². The van der Waals surface area contributed by atoms with Gasteiger partial charge in [0.25, 0.3) is 5.91 Å². The number of ether oxygens (including phenoxy) is 1. The molecule has 18 heteroatoms. The number of fused-ring (bicyclic) bond motifs is 6. The number of thiazole rings is 1. The minimum atomic E-state index is -1.04. The number of hydrogen-bond acceptors (Lipinski definition) is 10. The largest absolute Gasteiger partial charge is 0.464 e. The molecule has 6 bridgehead atoms. The molecule has 12 nitrogen and oxygen atoms in total. The summed E-state index contributed by atoms with van der Waals surface area (Å²) in [4.78, 5) is 79.2. The van der Waals surface area contributed by atoms with Gasteiger partial charge in [-0.3, -0.25) is 34.0 Å². The van der Waals surface area contributed by atoms with Crippen LogP contribution < -0.4 is 10.7 Å². The van der Waals surface area contributed by atoms with E-state index in [2.05, 4.69) is 80.8 Å². The first kappa shape index (κ1) is 60.9. The quantitative estimate of drug-likeness (QED) is 0.111. The average molecular weight is 1050 g/mol. The monoisotopic (exact) mass is 1050 g/mol. The molecule has 2 aliphatic heterocycles. The van der Waals surface area contributed by atoms with Gasteiger partial charge in [0.1, 0.15) is 17.9 Å². The number of carbonyl (C=O) groups is 5. The number of esters is 1. The molecule has 1 saturated heterocycles. The number of aryl methyl sites for hydroxylation is 1. The maximum Gasteiger partial charge on any atom is 0.324 e. The number of Topliss-reactive ketones (excluding diaryl/α,β-unsaturated/α-hetero) is 1. The number of hydrazine groups is 1. The van der Waals surface area contributed by atoms with Crippen molar-refractivity contribution in [1.29, 1.82) is 0 Å². The summed E-state index contributed by atoms with van der Waals surface area (Å²) in [6.45, 7) is 21.2. The van der Waals surface area contributed by atoms with Gasteiger partial charge < -0.3 is 14.6 Å². The second-order valence-electron chi connectivity index (χ2n) is 19.3. The van der Waals surface area contributed by atoms with E-state index in [1.54, 1.807) is 6.92 Å². The number of amides is 2. The van der Waals surface area contributed by atoms with Crippen molar-refractivity contribution in [3.8, 4) is 22.5 Å². The number of cyclic esters (lactones) is 1. The number of benzene rings is 1. The highest BCUT2D eigenvalue weighted by molar-refractivity contribution is 7.60. The van der Waals surface area contributed by atoms with Crippen LogP contribution in [0.15, 0.2) is 54.6 Å². The molecule has 2 fully saturated rings. The fourth-order valence-corrected chi connectivity index (χ4v) is 11.0. The number of pyridine rings is 1. The average Bonchev–Trinajstić information content (AvgIpc) is 4.02. The Hall–Kier alpha value is -3.26. The van der Waals surface area contributed by atoms with Crippen molar-refractivity contribution in [3.05, 3.63) is 70.8 Å². The molecular weight excluding hydrogens is 973 g/mol. The number of carbonyl (C=O) groups excluding carboxylic acids is 5. The van der Waals surface area contributed by atoms with Crippen LogP contribution in [0.3, 0.4) is 0 Å². The lowest BCUT2D eigenvalue weighted by molar-refractivity contribution is -0.155. The highest BCUT2D eigenvalue weighted by atomic mass is 32.1. The van der Waals surface area contributed by atoms with Crippen LogP contribution in [0.25, 0.3) is 33.4 Å². The minimum Gasteiger partial charge on any atom is -0.464 e. The molecule has 0 radical (unpaired) electrons. The van der Waals surface area contributed by atoms with E-state index in [9.17, 15) is 24.0 Å². The van der Waals surface area contributed by atoms with Crippen LogP contribution in [0.4, 0.5) is 0 Å². The Morgan fingerprint density at radius 1 is 1.01 bits per heavy atom. The SMILES string of the molecule is C=CC(=O)C1CC[C@H](C(=O)C(C)[C@H](C(=O)N[C@H]2Cc3nc(cs3)-c3ccc4c(c3)c(c(-c3cccnc3C(C)C)n4CC)CC(C)(C)COC(=O)[C@@H]3CCCN(N3)C2=O)C(C)C)C1.S.S.S.S.S. The lowest BCUT2D eigenvalue weighted by atomic mass is 9.77. The Bertz CT molecular complexity index is 2420. The summed E-state index contributed by atoms with van der Waals surface area (Å²) >= 11 is 1.43. The molecule has 3 aromatic heterocycles. The number of nitrogens with one attached hydrogen (secondary N) is 2. The van der Waals surface area contributed by atoms with Crippen LogP contribution in [0.5, 0.6) is 0 Å². The van der Waals surface area contributed by atoms with Crippen molar-refractivity contribution in [3.63, 3.8) is 0 Å². The molecule has 7 rings (SSSR count). The first-order valence-electron chi connectivity index (χ1n) is 22.8. The molecule has 2 unspecified atom stereocenters. The van der Waals surface area contributed by atoms with Crippen molar-refractivity contribution < 1.29 is 28.7 Å². The Morgan fingerprint density at radius 2 is 1.72 bits per heavy atom. The predicted molar refractivity (Wildman–Crippen MR) is 298 cm³/mol. The third-order valence-corrected chi connectivity index (χ3v) is 14.3. The van der Waals surface area contributed by atoms with Crippen molar-refractivity contribution in [2.45, 2.75) is 125 Å². The lowest BCUT2D eigenvalue weighted by Crippen LogP contribution is -2.61. The van der Waals surface area contributed by atoms with E-state index in [0.717, 1.165) is 51.2 Å². The molecule has 376 valence electrons. The summed E-state index contributed by atoms with van der Waals surface area (Å²) < 4.78 is 8.47. The molecule has 0 spiro atoms. The number of allylic oxidation sites excluding steroid dienone is 1. The van der Waals surface area contributed by atoms with Gasteiger partial charge in [-0.05, 0) is 93.2 Å². The van der Waals surface area contributed by atoms with Gasteiger partial charge in [0.05, 0.1) is 28.7 Å². The molecule has 2 amide bonds. The molecule has 2 N–H and O–H groups in total. The molecule has 6 atom stereocenters. The zero-order chi connectivity index (χ0) is 45.3. The third-order valence-electron chi connectivity index (χ3n) is 13.4. The summed E-state index contributed by atoms with van der Waals surface area (Å²) in [5.74, 6) is -3.22. The van der Waals surface area contributed by atoms with Crippen LogP contribution in [0.2, 0.25) is 0 Å². The predicted octanol–water partition coefficient (Wildman–Crippen LogP) is 8.83. The molecule has 1 saturated carbocycles. The fourth-order valence-electron chi connectivity index (χ4n) is 10.2. The maximum atomic E-state index is 14.6. The van der Waals surface area contributed by atoms with E-state index < -0.39 is 47.1 Å². The Kier molecular flexibility index (Phi) is 23.0. The number of aromatic nitrogens is 3. The van der Waals surface area contributed by atoms with E-state index in [1.165, 1.54) is 22.4 Å². The number of hydrogen-bond donors (Lipinski definition) is 2. The number of ketones is 2. The van der Waals surface area contributed by atoms with E-state index in [0.29, 0.717) is 50.1 Å². The molecule has 68 heavy (non-hydrogen) atoms. The molecule has 4 aromatic rings. The zero-order valence-corrected chi connectivity index (χ0v) is 46.5. The molecule has 1 aliphatic carbocycles. The number of nitrogens with zero attached hydrogens (tertiary/aromatic N) is 4. The van der Waals surface area contributed by atoms with Gasteiger partial charge in [0.2, 0.25) is 5.91 Å². The van der Waals surface area contributed by atoms with Gasteiger partial charge in [-0.15, -0.1) is 11.3 Å². The van der Waals surface area contributed by atoms with Gasteiger partial charge in [-0.2, -0.15) is 67.5 Å². The highest BCUT2D eigenvalue weighted by Gasteiger charge is 2.42. The van der Waals surface area contributed by atoms with Gasteiger partial charge in [0, 0.05) is 82.2 Å². The van der Waals surface area contributed by atoms with Crippen LogP contribution in [0.1, 0.15) is 110 Å². The van der Waals surface area contributed by atoms with E-state index in [4.69, 9.17) is 14.7 Å². The summed E-state index contributed by atoms with van der Waals surface area (Å²) in [5.41, 5.74) is 9.85. The molecular formula is C50H74N6O6S6. The lowest BCUT2D eigenvalue weighted by Gasteiger charge is -2.36. The van der Waals surface area contributed by atoms with Gasteiger partial charge >= 0.3 is 5.97 Å². The summed E-state index contributed by atoms with van der Waals surface area (Å²) in [7, 11) is 0. The topological polar surface area (TPSA) is 153 Å². The van der Waals surface area contributed by atoms with Crippen molar-refractivity contribution in [2.75, 3.05) is 13.2 Å². The highest BCUT2D eigenvalue weighted by Crippen LogP contribution is 2.42. The van der Waals surface area contributed by atoms with Gasteiger partial charge in [0.15, 0.2) is 5.78 Å². The molecule has 1 aromatic carbocycles. The Balaban J connectivity index is 0.00000317. The molecule has 5 heterocycles. The Morgan fingerprint density at radius 3 is 2.38 bits per heavy atom. The zero-order valence-electron chi connectivity index (χ0n) is 40.7. The van der Waals surface area contributed by atoms with Gasteiger partial charge in [-0.1, -0.05) is 61.1 Å².